The van der Waals surface area contributed by atoms with Crippen molar-refractivity contribution in [2.45, 2.75) is 19.9 Å². The Kier molecular flexibility index (Phi) is 6.30. The average Bonchev–Trinajstić information content (AvgIpc) is 2.73. The highest BCUT2D eigenvalue weighted by atomic mass is 16.5. The number of ether oxygens (including phenoxy) is 2. The third-order valence-electron chi connectivity index (χ3n) is 3.60. The number of rotatable bonds is 8. The van der Waals surface area contributed by atoms with Crippen LogP contribution in [0.5, 0.6) is 17.4 Å². The van der Waals surface area contributed by atoms with Crippen molar-refractivity contribution in [2.24, 2.45) is 0 Å². The Morgan fingerprint density at radius 2 is 1.89 bits per heavy atom. The molecule has 3 aromatic rings. The van der Waals surface area contributed by atoms with E-state index in [2.05, 4.69) is 20.3 Å². The van der Waals surface area contributed by atoms with E-state index in [0.29, 0.717) is 24.0 Å². The van der Waals surface area contributed by atoms with Gasteiger partial charge in [0.1, 0.15) is 5.69 Å². The van der Waals surface area contributed by atoms with E-state index in [9.17, 15) is 4.79 Å². The van der Waals surface area contributed by atoms with E-state index < -0.39 is 0 Å². The molecule has 1 aromatic carbocycles. The van der Waals surface area contributed by atoms with Crippen LogP contribution in [0.3, 0.4) is 0 Å². The molecule has 1 N–H and O–H groups in total. The second-order valence-electron chi connectivity index (χ2n) is 5.64. The Labute approximate surface area is 157 Å². The molecule has 0 spiro atoms. The number of para-hydroxylation sites is 2. The van der Waals surface area contributed by atoms with E-state index in [1.165, 1.54) is 18.6 Å². The normalized spacial score (nSPS) is 10.3. The lowest BCUT2D eigenvalue weighted by Gasteiger charge is -2.14. The van der Waals surface area contributed by atoms with Crippen LogP contribution in [0.4, 0.5) is 0 Å². The van der Waals surface area contributed by atoms with Gasteiger partial charge < -0.3 is 14.8 Å². The molecule has 2 heterocycles. The minimum absolute atomic E-state index is 0.247. The number of nitrogens with zero attached hydrogens (tertiary/aromatic N) is 3. The maximum atomic E-state index is 12.2. The fraction of sp³-hybridized carbons (Fsp3) is 0.200. The van der Waals surface area contributed by atoms with Gasteiger partial charge >= 0.3 is 0 Å². The van der Waals surface area contributed by atoms with Crippen LogP contribution in [0.1, 0.15) is 29.4 Å². The van der Waals surface area contributed by atoms with E-state index in [0.717, 1.165) is 12.0 Å². The van der Waals surface area contributed by atoms with Gasteiger partial charge in [0.05, 0.1) is 12.8 Å². The molecule has 0 unspecified atom stereocenters. The standard InChI is InChI=1S/C20H20N4O3/c1-2-12-26-17-7-3-4-8-18(17)27-20-15(6-5-9-23-20)13-24-19(25)16-14-21-10-11-22-16/h3-11,14H,2,12-13H2,1H3,(H,24,25). The quantitative estimate of drug-likeness (QED) is 0.659. The summed E-state index contributed by atoms with van der Waals surface area (Å²) in [6.07, 6.45) is 6.94. The molecule has 0 fully saturated rings. The molecule has 7 nitrogen and oxygen atoms in total. The second kappa shape index (κ2) is 9.28. The maximum Gasteiger partial charge on any atom is 0.271 e. The topological polar surface area (TPSA) is 86.2 Å². The first-order chi connectivity index (χ1) is 13.3. The molecule has 1 amide bonds. The first-order valence-corrected chi connectivity index (χ1v) is 8.65. The number of aromatic nitrogens is 3. The van der Waals surface area contributed by atoms with Crippen molar-refractivity contribution in [1.82, 2.24) is 20.3 Å². The predicted octanol–water partition coefficient (Wildman–Crippen LogP) is 3.38. The van der Waals surface area contributed by atoms with Crippen LogP contribution < -0.4 is 14.8 Å². The first kappa shape index (κ1) is 18.3. The zero-order valence-electron chi connectivity index (χ0n) is 15.0. The van der Waals surface area contributed by atoms with Crippen LogP contribution in [-0.4, -0.2) is 27.5 Å². The molecule has 7 heteroatoms. The number of nitrogens with one attached hydrogen (secondary N) is 1. The van der Waals surface area contributed by atoms with E-state index in [4.69, 9.17) is 9.47 Å². The van der Waals surface area contributed by atoms with Gasteiger partial charge in [0, 0.05) is 30.7 Å². The highest BCUT2D eigenvalue weighted by Gasteiger charge is 2.12. The molecular formula is C20H20N4O3. The molecule has 0 aliphatic rings. The molecule has 2 aromatic heterocycles. The van der Waals surface area contributed by atoms with Crippen molar-refractivity contribution < 1.29 is 14.3 Å². The monoisotopic (exact) mass is 364 g/mol. The van der Waals surface area contributed by atoms with E-state index in [1.54, 1.807) is 12.3 Å². The third kappa shape index (κ3) is 5.01. The summed E-state index contributed by atoms with van der Waals surface area (Å²) in [4.78, 5) is 24.3. The smallest absolute Gasteiger partial charge is 0.271 e. The Hall–Kier alpha value is -3.48. The van der Waals surface area contributed by atoms with Crippen molar-refractivity contribution in [2.75, 3.05) is 6.61 Å². The minimum atomic E-state index is -0.315. The van der Waals surface area contributed by atoms with E-state index >= 15 is 0 Å². The molecular weight excluding hydrogens is 344 g/mol. The summed E-state index contributed by atoms with van der Waals surface area (Å²) >= 11 is 0. The van der Waals surface area contributed by atoms with Gasteiger partial charge in [-0.05, 0) is 24.6 Å². The molecule has 27 heavy (non-hydrogen) atoms. The van der Waals surface area contributed by atoms with Crippen LogP contribution in [0.2, 0.25) is 0 Å². The van der Waals surface area contributed by atoms with Gasteiger partial charge in [0.2, 0.25) is 5.88 Å². The van der Waals surface area contributed by atoms with Crippen LogP contribution >= 0.6 is 0 Å². The summed E-state index contributed by atoms with van der Waals surface area (Å²) in [5.41, 5.74) is 0.988. The number of hydrogen-bond acceptors (Lipinski definition) is 6. The zero-order chi connectivity index (χ0) is 18.9. The number of hydrogen-bond donors (Lipinski definition) is 1. The zero-order valence-corrected chi connectivity index (χ0v) is 15.0. The van der Waals surface area contributed by atoms with E-state index in [-0.39, 0.29) is 18.1 Å². The van der Waals surface area contributed by atoms with Gasteiger partial charge in [0.25, 0.3) is 5.91 Å². The Bertz CT molecular complexity index is 887. The average molecular weight is 364 g/mol. The van der Waals surface area contributed by atoms with E-state index in [1.807, 2.05) is 37.3 Å². The maximum absolute atomic E-state index is 12.2. The van der Waals surface area contributed by atoms with Crippen molar-refractivity contribution in [3.63, 3.8) is 0 Å². The predicted molar refractivity (Wildman–Crippen MR) is 99.7 cm³/mol. The van der Waals surface area contributed by atoms with Crippen molar-refractivity contribution in [3.05, 3.63) is 72.4 Å². The summed E-state index contributed by atoms with van der Waals surface area (Å²) in [6, 6.07) is 11.1. The lowest BCUT2D eigenvalue weighted by molar-refractivity contribution is 0.0945. The molecule has 3 rings (SSSR count). The van der Waals surface area contributed by atoms with Crippen LogP contribution in [0.15, 0.2) is 61.2 Å². The van der Waals surface area contributed by atoms with Gasteiger partial charge in [-0.25, -0.2) is 9.97 Å². The number of carbonyl (C=O) groups is 1. The molecule has 0 aliphatic carbocycles. The van der Waals surface area contributed by atoms with Crippen molar-refractivity contribution in [3.8, 4) is 17.4 Å². The lowest BCUT2D eigenvalue weighted by atomic mass is 10.2. The summed E-state index contributed by atoms with van der Waals surface area (Å²) in [7, 11) is 0. The summed E-state index contributed by atoms with van der Waals surface area (Å²) in [5.74, 6) is 1.32. The van der Waals surface area contributed by atoms with Gasteiger partial charge in [-0.3, -0.25) is 9.78 Å². The van der Waals surface area contributed by atoms with Crippen LogP contribution in [0.25, 0.3) is 0 Å². The Morgan fingerprint density at radius 3 is 2.67 bits per heavy atom. The molecule has 0 atom stereocenters. The molecule has 0 radical (unpaired) electrons. The number of amides is 1. The fourth-order valence-corrected chi connectivity index (χ4v) is 2.30. The Balaban J connectivity index is 1.72. The fourth-order valence-electron chi connectivity index (χ4n) is 2.30. The molecule has 0 aliphatic heterocycles. The Morgan fingerprint density at radius 1 is 1.04 bits per heavy atom. The molecule has 0 saturated heterocycles. The molecule has 138 valence electrons. The van der Waals surface area contributed by atoms with Gasteiger partial charge in [-0.1, -0.05) is 25.1 Å². The van der Waals surface area contributed by atoms with Gasteiger partial charge in [-0.2, -0.15) is 0 Å². The lowest BCUT2D eigenvalue weighted by Crippen LogP contribution is -2.24. The SMILES string of the molecule is CCCOc1ccccc1Oc1ncccc1CNC(=O)c1cnccn1. The summed E-state index contributed by atoms with van der Waals surface area (Å²) in [6.45, 7) is 2.89. The highest BCUT2D eigenvalue weighted by molar-refractivity contribution is 5.91. The first-order valence-electron chi connectivity index (χ1n) is 8.65. The number of pyridine rings is 1. The highest BCUT2D eigenvalue weighted by Crippen LogP contribution is 2.31. The van der Waals surface area contributed by atoms with Crippen LogP contribution in [0, 0.1) is 0 Å². The second-order valence-corrected chi connectivity index (χ2v) is 5.64. The van der Waals surface area contributed by atoms with Gasteiger partial charge in [-0.15, -0.1) is 0 Å². The van der Waals surface area contributed by atoms with Crippen molar-refractivity contribution >= 4 is 5.91 Å². The molecule has 0 bridgehead atoms. The minimum Gasteiger partial charge on any atom is -0.490 e. The molecule has 0 saturated carbocycles. The summed E-state index contributed by atoms with van der Waals surface area (Å²) in [5, 5.41) is 2.80. The number of benzene rings is 1. The van der Waals surface area contributed by atoms with Gasteiger partial charge in [0.15, 0.2) is 11.5 Å². The number of carbonyl (C=O) groups excluding carboxylic acids is 1. The third-order valence-corrected chi connectivity index (χ3v) is 3.60. The van der Waals surface area contributed by atoms with Crippen molar-refractivity contribution in [1.29, 1.82) is 0 Å². The summed E-state index contributed by atoms with van der Waals surface area (Å²) < 4.78 is 11.7. The van der Waals surface area contributed by atoms with Crippen LogP contribution in [-0.2, 0) is 6.54 Å². The largest absolute Gasteiger partial charge is 0.490 e.